The zero-order valence-corrected chi connectivity index (χ0v) is 24.9. The van der Waals surface area contributed by atoms with Gasteiger partial charge in [0.05, 0.1) is 18.8 Å². The Balaban J connectivity index is 1.50. The summed E-state index contributed by atoms with van der Waals surface area (Å²) in [6.45, 7) is 0. The molecule has 0 amide bonds. The highest BCUT2D eigenvalue weighted by atomic mass is 32.1. The minimum Gasteiger partial charge on any atom is -0.309 e. The van der Waals surface area contributed by atoms with Crippen molar-refractivity contribution in [2.75, 3.05) is 0 Å². The Hall–Kier alpha value is -3.04. The summed E-state index contributed by atoms with van der Waals surface area (Å²) in [6.07, 6.45) is 0. The van der Waals surface area contributed by atoms with Crippen LogP contribution in [0.2, 0.25) is 0 Å². The lowest BCUT2D eigenvalue weighted by atomic mass is 10.4. The van der Waals surface area contributed by atoms with E-state index < -0.39 is 14.3 Å². The summed E-state index contributed by atoms with van der Waals surface area (Å²) in [6, 6.07) is 39.2. The monoisotopic (exact) mass is 596 g/mol. The first kappa shape index (κ1) is 25.0. The number of fused-ring (bicyclic) bond motifs is 3. The summed E-state index contributed by atoms with van der Waals surface area (Å²) >= 11 is 4.92. The average Bonchev–Trinajstić information content (AvgIpc) is 3.71. The Kier molecular flexibility index (Phi) is 6.31. The molecule has 0 spiro atoms. The Bertz CT molecular complexity index is 1780. The molecule has 190 valence electrons. The quantitative estimate of drug-likeness (QED) is 0.187. The SMILES string of the molecule is O=P(c1ccccc1)(c1ccccc1)c1csc2c1sc1c(P(=O)(c3ccccc3)c3ccccc3)csc12. The molecule has 0 aliphatic heterocycles. The summed E-state index contributed by atoms with van der Waals surface area (Å²) < 4.78 is 34.7. The summed E-state index contributed by atoms with van der Waals surface area (Å²) in [5.41, 5.74) is 0. The smallest absolute Gasteiger partial charge is 0.173 e. The Morgan fingerprint density at radius 1 is 0.385 bits per heavy atom. The van der Waals surface area contributed by atoms with Crippen LogP contribution in [-0.2, 0) is 9.13 Å². The highest BCUT2D eigenvalue weighted by Crippen LogP contribution is 2.53. The third-order valence-electron chi connectivity index (χ3n) is 7.02. The van der Waals surface area contributed by atoms with E-state index in [1.54, 1.807) is 34.0 Å². The van der Waals surface area contributed by atoms with Crippen LogP contribution < -0.4 is 31.8 Å². The molecule has 0 atom stereocenters. The van der Waals surface area contributed by atoms with Gasteiger partial charge in [0.15, 0.2) is 14.3 Å². The lowest BCUT2D eigenvalue weighted by Crippen LogP contribution is -2.24. The van der Waals surface area contributed by atoms with Gasteiger partial charge in [0.1, 0.15) is 0 Å². The van der Waals surface area contributed by atoms with Gasteiger partial charge in [0, 0.05) is 42.6 Å². The molecule has 4 aromatic carbocycles. The predicted molar refractivity (Wildman–Crippen MR) is 174 cm³/mol. The molecule has 0 fully saturated rings. The third-order valence-corrected chi connectivity index (χ3v) is 17.5. The van der Waals surface area contributed by atoms with Crippen LogP contribution in [0.25, 0.3) is 18.8 Å². The Morgan fingerprint density at radius 3 is 0.949 bits per heavy atom. The van der Waals surface area contributed by atoms with E-state index in [0.29, 0.717) is 0 Å². The zero-order valence-electron chi connectivity index (χ0n) is 20.6. The second-order valence-corrected chi connectivity index (χ2v) is 17.5. The van der Waals surface area contributed by atoms with Crippen molar-refractivity contribution in [1.82, 2.24) is 0 Å². The molecular weight excluding hydrogens is 574 g/mol. The summed E-state index contributed by atoms with van der Waals surface area (Å²) in [7, 11) is -6.24. The Morgan fingerprint density at radius 2 is 0.667 bits per heavy atom. The topological polar surface area (TPSA) is 34.1 Å². The van der Waals surface area contributed by atoms with Gasteiger partial charge in [-0.15, -0.1) is 34.0 Å². The molecule has 39 heavy (non-hydrogen) atoms. The average molecular weight is 597 g/mol. The fourth-order valence-corrected chi connectivity index (χ4v) is 16.3. The molecule has 7 heteroatoms. The largest absolute Gasteiger partial charge is 0.309 e. The van der Waals surface area contributed by atoms with E-state index in [-0.39, 0.29) is 0 Å². The molecule has 0 aliphatic rings. The van der Waals surface area contributed by atoms with Crippen LogP contribution in [-0.4, -0.2) is 0 Å². The molecule has 0 N–H and O–H groups in total. The molecule has 7 rings (SSSR count). The highest BCUT2D eigenvalue weighted by molar-refractivity contribution is 7.87. The maximum Gasteiger partial charge on any atom is 0.173 e. The molecule has 0 aliphatic carbocycles. The van der Waals surface area contributed by atoms with Crippen molar-refractivity contribution >= 4 is 98.9 Å². The van der Waals surface area contributed by atoms with Gasteiger partial charge in [0.2, 0.25) is 0 Å². The third kappa shape index (κ3) is 3.88. The fourth-order valence-electron chi connectivity index (χ4n) is 5.13. The van der Waals surface area contributed by atoms with Crippen LogP contribution in [0.4, 0.5) is 0 Å². The van der Waals surface area contributed by atoms with Gasteiger partial charge in [0.25, 0.3) is 0 Å². The number of hydrogen-bond donors (Lipinski definition) is 0. The Labute approximate surface area is 239 Å². The predicted octanol–water partition coefficient (Wildman–Crippen LogP) is 7.46. The molecule has 0 saturated heterocycles. The van der Waals surface area contributed by atoms with Crippen molar-refractivity contribution < 1.29 is 9.13 Å². The highest BCUT2D eigenvalue weighted by Gasteiger charge is 2.36. The van der Waals surface area contributed by atoms with Crippen LogP contribution in [0.1, 0.15) is 0 Å². The molecule has 2 nitrogen and oxygen atoms in total. The minimum absolute atomic E-state index is 0.826. The lowest BCUT2D eigenvalue weighted by Gasteiger charge is -2.19. The van der Waals surface area contributed by atoms with Gasteiger partial charge >= 0.3 is 0 Å². The van der Waals surface area contributed by atoms with Crippen molar-refractivity contribution in [1.29, 1.82) is 0 Å². The number of benzene rings is 4. The number of thiophene rings is 3. The van der Waals surface area contributed by atoms with E-state index in [4.69, 9.17) is 0 Å². The second kappa shape index (κ2) is 9.86. The molecule has 0 saturated carbocycles. The van der Waals surface area contributed by atoms with Crippen molar-refractivity contribution in [3.05, 3.63) is 132 Å². The van der Waals surface area contributed by atoms with E-state index in [0.717, 1.165) is 50.6 Å². The van der Waals surface area contributed by atoms with Gasteiger partial charge in [-0.3, -0.25) is 0 Å². The molecule has 0 bridgehead atoms. The molecule has 3 heterocycles. The van der Waals surface area contributed by atoms with Crippen molar-refractivity contribution in [2.24, 2.45) is 0 Å². The van der Waals surface area contributed by atoms with Crippen LogP contribution in [0.5, 0.6) is 0 Å². The molecule has 3 aromatic heterocycles. The standard InChI is InChI=1S/C32H22O2P2S3/c33-35(23-13-5-1-6-14-23,24-15-7-2-8-16-24)27-21-37-31-29(27)39-30-28(22-38-32(30)31)36(34,25-17-9-3-10-18-25)26-19-11-4-12-20-26/h1-22H. The van der Waals surface area contributed by atoms with Crippen LogP contribution >= 0.6 is 48.3 Å². The van der Waals surface area contributed by atoms with Gasteiger partial charge in [-0.2, -0.15) is 0 Å². The van der Waals surface area contributed by atoms with E-state index in [1.165, 1.54) is 0 Å². The van der Waals surface area contributed by atoms with Gasteiger partial charge in [-0.05, 0) is 0 Å². The maximum absolute atomic E-state index is 15.2. The van der Waals surface area contributed by atoms with Crippen molar-refractivity contribution in [3.8, 4) is 0 Å². The van der Waals surface area contributed by atoms with Gasteiger partial charge in [-0.1, -0.05) is 121 Å². The molecule has 0 unspecified atom stereocenters. The minimum atomic E-state index is -3.12. The molecular formula is C32H22O2P2S3. The normalized spacial score (nSPS) is 12.3. The van der Waals surface area contributed by atoms with E-state index in [9.17, 15) is 0 Å². The summed E-state index contributed by atoms with van der Waals surface area (Å²) in [4.78, 5) is 0. The second-order valence-electron chi connectivity index (χ2n) is 9.22. The maximum atomic E-state index is 15.2. The number of hydrogen-bond acceptors (Lipinski definition) is 5. The molecule has 7 aromatic rings. The van der Waals surface area contributed by atoms with E-state index in [1.807, 2.05) is 121 Å². The van der Waals surface area contributed by atoms with Crippen molar-refractivity contribution in [3.63, 3.8) is 0 Å². The number of rotatable bonds is 6. The zero-order chi connectivity index (χ0) is 26.5. The van der Waals surface area contributed by atoms with E-state index in [2.05, 4.69) is 10.8 Å². The van der Waals surface area contributed by atoms with Crippen LogP contribution in [0.15, 0.2) is 132 Å². The van der Waals surface area contributed by atoms with Gasteiger partial charge in [-0.25, -0.2) is 0 Å². The first-order chi connectivity index (χ1) is 19.1. The molecule has 0 radical (unpaired) electrons. The van der Waals surface area contributed by atoms with Crippen molar-refractivity contribution in [2.45, 2.75) is 0 Å². The first-order valence-corrected chi connectivity index (χ1v) is 18.5. The fraction of sp³-hybridized carbons (Fsp3) is 0. The van der Waals surface area contributed by atoms with Crippen LogP contribution in [0.3, 0.4) is 0 Å². The lowest BCUT2D eigenvalue weighted by molar-refractivity contribution is 0.592. The van der Waals surface area contributed by atoms with Gasteiger partial charge < -0.3 is 9.13 Å². The summed E-state index contributed by atoms with van der Waals surface area (Å²) in [5, 5.41) is 9.20. The van der Waals surface area contributed by atoms with Crippen LogP contribution in [0, 0.1) is 0 Å². The first-order valence-electron chi connectivity index (χ1n) is 12.5. The van der Waals surface area contributed by atoms with E-state index >= 15 is 9.13 Å². The summed E-state index contributed by atoms with van der Waals surface area (Å²) in [5.74, 6) is 0.